The summed E-state index contributed by atoms with van der Waals surface area (Å²) in [5.74, 6) is -2.43. The summed E-state index contributed by atoms with van der Waals surface area (Å²) in [5, 5.41) is 36.4. The Balaban J connectivity index is 2.81. The summed E-state index contributed by atoms with van der Waals surface area (Å²) in [7, 11) is -2.78. The zero-order valence-corrected chi connectivity index (χ0v) is 12.0. The molecule has 1 unspecified atom stereocenters. The minimum Gasteiger partial charge on any atom is -0.422 e. The van der Waals surface area contributed by atoms with Crippen LogP contribution in [-0.4, -0.2) is 57.5 Å². The topological polar surface area (TPSA) is 93.5 Å². The molecule has 4 N–H and O–H groups in total. The molecule has 5 nitrogen and oxygen atoms in total. The van der Waals surface area contributed by atoms with Crippen LogP contribution in [0.15, 0.2) is 11.6 Å². The first-order chi connectivity index (χ1) is 9.55. The van der Waals surface area contributed by atoms with Crippen LogP contribution in [0.25, 0.3) is 0 Å². The van der Waals surface area contributed by atoms with E-state index in [0.29, 0.717) is 13.3 Å². The van der Waals surface area contributed by atoms with Crippen LogP contribution in [-0.2, 0) is 4.74 Å². The Bertz CT molecular complexity index is 404. The van der Waals surface area contributed by atoms with Crippen molar-refractivity contribution >= 4 is 7.12 Å². The fourth-order valence-electron chi connectivity index (χ4n) is 2.18. The van der Waals surface area contributed by atoms with E-state index in [-0.39, 0.29) is 0 Å². The number of aliphatic hydroxyl groups excluding tert-OH is 1. The minimum absolute atomic E-state index is 0.417. The average Bonchev–Trinajstić information content (AvgIpc) is 3.22. The number of rotatable bonds is 7. The van der Waals surface area contributed by atoms with Gasteiger partial charge in [0.25, 0.3) is 0 Å². The summed E-state index contributed by atoms with van der Waals surface area (Å²) in [5.41, 5.74) is -4.95. The van der Waals surface area contributed by atoms with Gasteiger partial charge in [-0.2, -0.15) is 0 Å². The molecule has 1 rings (SSSR count). The lowest BCUT2D eigenvalue weighted by molar-refractivity contribution is -0.0188. The molecule has 6 atom stereocenters. The third-order valence-electron chi connectivity index (χ3n) is 3.81. The molecule has 1 saturated heterocycles. The maximum atomic E-state index is 14.2. The summed E-state index contributed by atoms with van der Waals surface area (Å²) in [6.45, 7) is 4.02. The van der Waals surface area contributed by atoms with E-state index in [2.05, 4.69) is 0 Å². The van der Waals surface area contributed by atoms with Gasteiger partial charge >= 0.3 is 7.12 Å². The van der Waals surface area contributed by atoms with Crippen LogP contribution in [0.1, 0.15) is 27.2 Å². The van der Waals surface area contributed by atoms with Gasteiger partial charge in [-0.25, -0.2) is 13.2 Å². The number of aliphatic hydroxyl groups is 2. The number of epoxide rings is 1. The fourth-order valence-corrected chi connectivity index (χ4v) is 2.18. The van der Waals surface area contributed by atoms with Crippen molar-refractivity contribution in [1.82, 2.24) is 0 Å². The van der Waals surface area contributed by atoms with Gasteiger partial charge in [0.05, 0.1) is 12.2 Å². The number of halogens is 3. The summed E-state index contributed by atoms with van der Waals surface area (Å²) >= 11 is 0. The largest absolute Gasteiger partial charge is 0.521 e. The maximum absolute atomic E-state index is 14.2. The van der Waals surface area contributed by atoms with Crippen molar-refractivity contribution in [2.45, 2.75) is 57.3 Å². The summed E-state index contributed by atoms with van der Waals surface area (Å²) in [6, 6.07) is 0. The van der Waals surface area contributed by atoms with E-state index in [4.69, 9.17) is 14.8 Å². The highest BCUT2D eigenvalue weighted by molar-refractivity contribution is 6.49. The van der Waals surface area contributed by atoms with Crippen molar-refractivity contribution in [3.63, 3.8) is 0 Å². The summed E-state index contributed by atoms with van der Waals surface area (Å²) in [4.78, 5) is 0. The van der Waals surface area contributed by atoms with Crippen LogP contribution < -0.4 is 0 Å². The first-order valence-corrected chi connectivity index (χ1v) is 6.67. The van der Waals surface area contributed by atoms with Crippen molar-refractivity contribution in [2.24, 2.45) is 5.92 Å². The molecule has 1 aliphatic heterocycles. The normalized spacial score (nSPS) is 30.0. The summed E-state index contributed by atoms with van der Waals surface area (Å²) in [6.07, 6.45) is -4.57. The molecule has 0 spiro atoms. The highest BCUT2D eigenvalue weighted by atomic mass is 19.2. The van der Waals surface area contributed by atoms with Crippen LogP contribution >= 0.6 is 0 Å². The predicted molar refractivity (Wildman–Crippen MR) is 69.1 cm³/mol. The first kappa shape index (κ1) is 18.4. The van der Waals surface area contributed by atoms with Crippen molar-refractivity contribution < 1.29 is 38.2 Å². The Morgan fingerprint density at radius 1 is 1.33 bits per heavy atom. The Hall–Kier alpha value is -0.605. The lowest BCUT2D eigenvalue weighted by atomic mass is 9.82. The molecule has 0 amide bonds. The Morgan fingerprint density at radius 2 is 1.86 bits per heavy atom. The number of alkyl halides is 1. The van der Waals surface area contributed by atoms with E-state index < -0.39 is 54.7 Å². The molecule has 0 bridgehead atoms. The second kappa shape index (κ2) is 6.66. The van der Waals surface area contributed by atoms with E-state index in [9.17, 15) is 23.4 Å². The van der Waals surface area contributed by atoms with Crippen LogP contribution in [0.4, 0.5) is 13.2 Å². The molecule has 0 radical (unpaired) electrons. The predicted octanol–water partition coefficient (Wildman–Crippen LogP) is 0.412. The standard InChI is InChI=1S/C12H20BF3O5/c1-4-6(17)5(2)7-8(21-7)9(14)12(3,18)10(15)11(16)13(19)20/h5-9,17-20H,4H2,1-3H3/b11-10+/t5-,6+,7-,8-,9?,12-/m1/s1. The molecule has 0 aromatic heterocycles. The number of ether oxygens (including phenoxy) is 1. The van der Waals surface area contributed by atoms with Crippen LogP contribution in [0.5, 0.6) is 0 Å². The smallest absolute Gasteiger partial charge is 0.422 e. The van der Waals surface area contributed by atoms with Gasteiger partial charge in [0.1, 0.15) is 11.7 Å². The molecule has 0 aliphatic carbocycles. The summed E-state index contributed by atoms with van der Waals surface area (Å²) < 4.78 is 45.9. The average molecular weight is 312 g/mol. The van der Waals surface area contributed by atoms with Crippen molar-refractivity contribution in [1.29, 1.82) is 0 Å². The molecule has 1 fully saturated rings. The Morgan fingerprint density at radius 3 is 2.29 bits per heavy atom. The Labute approximate surface area is 121 Å². The molecule has 0 aromatic carbocycles. The lowest BCUT2D eigenvalue weighted by Crippen LogP contribution is -2.43. The van der Waals surface area contributed by atoms with E-state index in [1.165, 1.54) is 0 Å². The first-order valence-electron chi connectivity index (χ1n) is 6.67. The van der Waals surface area contributed by atoms with Crippen molar-refractivity contribution in [2.75, 3.05) is 0 Å². The molecule has 0 aromatic rings. The van der Waals surface area contributed by atoms with E-state index >= 15 is 0 Å². The fraction of sp³-hybridized carbons (Fsp3) is 0.833. The monoisotopic (exact) mass is 312 g/mol. The van der Waals surface area contributed by atoms with Crippen LogP contribution in [0, 0.1) is 5.92 Å². The molecule has 9 heteroatoms. The van der Waals surface area contributed by atoms with Gasteiger partial charge in [-0.05, 0) is 13.3 Å². The SMILES string of the molecule is CC[C@H](O)[C@@H](C)[C@H]1O[C@H]1C(F)[C@@](C)(O)/C(F)=C(\F)B(O)O. The molecular formula is C12H20BF3O5. The molecule has 1 aliphatic rings. The quantitative estimate of drug-likeness (QED) is 0.404. The van der Waals surface area contributed by atoms with E-state index in [1.54, 1.807) is 13.8 Å². The van der Waals surface area contributed by atoms with E-state index in [0.717, 1.165) is 0 Å². The van der Waals surface area contributed by atoms with Crippen LogP contribution in [0.3, 0.4) is 0 Å². The molecule has 21 heavy (non-hydrogen) atoms. The zero-order chi connectivity index (χ0) is 16.5. The third kappa shape index (κ3) is 3.78. The van der Waals surface area contributed by atoms with Gasteiger partial charge in [0, 0.05) is 5.92 Å². The third-order valence-corrected chi connectivity index (χ3v) is 3.81. The number of hydrogen-bond acceptors (Lipinski definition) is 5. The van der Waals surface area contributed by atoms with Gasteiger partial charge in [-0.15, -0.1) is 0 Å². The second-order valence-corrected chi connectivity index (χ2v) is 5.48. The van der Waals surface area contributed by atoms with Gasteiger partial charge in [-0.1, -0.05) is 13.8 Å². The van der Waals surface area contributed by atoms with Gasteiger partial charge < -0.3 is 25.0 Å². The van der Waals surface area contributed by atoms with Crippen molar-refractivity contribution in [3.8, 4) is 0 Å². The van der Waals surface area contributed by atoms with Crippen molar-refractivity contribution in [3.05, 3.63) is 11.6 Å². The van der Waals surface area contributed by atoms with Gasteiger partial charge in [-0.3, -0.25) is 0 Å². The minimum atomic E-state index is -2.90. The zero-order valence-electron chi connectivity index (χ0n) is 12.0. The highest BCUT2D eigenvalue weighted by Crippen LogP contribution is 2.41. The van der Waals surface area contributed by atoms with Gasteiger partial charge in [0.2, 0.25) is 0 Å². The highest BCUT2D eigenvalue weighted by Gasteiger charge is 2.57. The van der Waals surface area contributed by atoms with Crippen LogP contribution in [0.2, 0.25) is 0 Å². The molecule has 0 saturated carbocycles. The second-order valence-electron chi connectivity index (χ2n) is 5.48. The lowest BCUT2D eigenvalue weighted by Gasteiger charge is -2.25. The van der Waals surface area contributed by atoms with E-state index in [1.807, 2.05) is 0 Å². The maximum Gasteiger partial charge on any atom is 0.521 e. The molecule has 1 heterocycles. The Kier molecular flexibility index (Phi) is 5.85. The molecular weight excluding hydrogens is 292 g/mol. The van der Waals surface area contributed by atoms with Gasteiger partial charge in [0.15, 0.2) is 17.7 Å². The molecule has 122 valence electrons. The number of hydrogen-bond donors (Lipinski definition) is 4.